The van der Waals surface area contributed by atoms with Crippen molar-refractivity contribution in [3.05, 3.63) is 83.7 Å². The molecule has 5 heterocycles. The molecule has 0 unspecified atom stereocenters. The van der Waals surface area contributed by atoms with E-state index in [9.17, 15) is 19.2 Å². The van der Waals surface area contributed by atoms with Gasteiger partial charge in [0.25, 0.3) is 11.8 Å². The molecule has 8 rings (SSSR count). The highest BCUT2D eigenvalue weighted by atomic mass is 16.2. The third kappa shape index (κ3) is 11.5. The first-order valence-corrected chi connectivity index (χ1v) is 21.7. The molecule has 0 spiro atoms. The van der Waals surface area contributed by atoms with Crippen LogP contribution in [0.1, 0.15) is 45.7 Å². The molecule has 19 nitrogen and oxygen atoms in total. The summed E-state index contributed by atoms with van der Waals surface area (Å²) in [5, 5.41) is 19.5. The molecule has 3 aromatic heterocycles. The Morgan fingerprint density at radius 2 is 1.14 bits per heavy atom. The number of benzene rings is 3. The number of piperazine rings is 1. The fourth-order valence-electron chi connectivity index (χ4n) is 7.92. The molecule has 330 valence electrons. The molecule has 4 amide bonds. The number of nitrogens with one attached hydrogen (secondary N) is 6. The molecule has 2 saturated heterocycles. The Labute approximate surface area is 364 Å². The highest BCUT2D eigenvalue weighted by Gasteiger charge is 2.18. The lowest BCUT2D eigenvalue weighted by Gasteiger charge is -2.34. The molecule has 19 heteroatoms. The van der Waals surface area contributed by atoms with Gasteiger partial charge in [0.15, 0.2) is 0 Å². The number of imidazole rings is 2. The molecular weight excluding hydrogens is 803 g/mol. The van der Waals surface area contributed by atoms with Crippen LogP contribution in [0.25, 0.3) is 44.8 Å². The SMILES string of the molecule is NCC(=O)NCC(=O)NCc1cn(CCN2CCN(CCNC(=O)c3ccc4nc(-c5ccc(-c6nc7ccc(C(=O)NCCN8CCCCC8)cc7[nH]6)cc5)[nH]c4c3)CC2)nn1. The molecule has 0 bridgehead atoms. The zero-order valence-electron chi connectivity index (χ0n) is 35.4. The van der Waals surface area contributed by atoms with Gasteiger partial charge in [-0.25, -0.2) is 9.97 Å². The second-order valence-corrected chi connectivity index (χ2v) is 16.0. The van der Waals surface area contributed by atoms with Gasteiger partial charge in [-0.3, -0.25) is 33.7 Å². The van der Waals surface area contributed by atoms with Gasteiger partial charge >= 0.3 is 0 Å². The minimum Gasteiger partial charge on any atom is -0.351 e. The largest absolute Gasteiger partial charge is 0.351 e. The summed E-state index contributed by atoms with van der Waals surface area (Å²) in [5.74, 6) is 0.488. The number of rotatable bonds is 18. The minimum absolute atomic E-state index is 0.0814. The van der Waals surface area contributed by atoms with Gasteiger partial charge in [0, 0.05) is 81.2 Å². The number of H-pyrrole nitrogens is 2. The van der Waals surface area contributed by atoms with Crippen molar-refractivity contribution in [1.82, 2.24) is 70.9 Å². The summed E-state index contributed by atoms with van der Waals surface area (Å²) in [7, 11) is 0. The van der Waals surface area contributed by atoms with Crippen molar-refractivity contribution in [2.24, 2.45) is 5.73 Å². The van der Waals surface area contributed by atoms with E-state index in [1.807, 2.05) is 54.6 Å². The van der Waals surface area contributed by atoms with Crippen LogP contribution in [0.15, 0.2) is 66.9 Å². The number of carbonyl (C=O) groups is 4. The monoisotopic (exact) mass is 857 g/mol. The Morgan fingerprint density at radius 1 is 0.603 bits per heavy atom. The van der Waals surface area contributed by atoms with E-state index in [-0.39, 0.29) is 37.4 Å². The molecule has 8 N–H and O–H groups in total. The van der Waals surface area contributed by atoms with Crippen LogP contribution in [0, 0.1) is 0 Å². The van der Waals surface area contributed by atoms with Crippen molar-refractivity contribution in [3.63, 3.8) is 0 Å². The van der Waals surface area contributed by atoms with E-state index in [4.69, 9.17) is 15.7 Å². The standard InChI is InChI=1S/C44H55N15O4/c45-26-39(60)49-28-40(61)48-27-34-29-59(55-54-34)23-22-58-20-18-57(19-21-58)17-13-47-44(63)33-9-11-36-38(25-33)53-42(51-36)31-6-4-30(5-7-31)41-50-35-10-8-32(24-37(35)52-41)43(62)46-12-16-56-14-2-1-3-15-56/h4-11,24-25,29H,1-3,12-23,26-28,45H2,(H,46,62)(H,47,63)(H,48,61)(H,49,60)(H,50,52)(H,51,53). The van der Waals surface area contributed by atoms with Crippen molar-refractivity contribution in [2.75, 3.05) is 85.1 Å². The van der Waals surface area contributed by atoms with Gasteiger partial charge in [-0.1, -0.05) is 35.9 Å². The van der Waals surface area contributed by atoms with E-state index in [1.54, 1.807) is 16.9 Å². The third-order valence-corrected chi connectivity index (χ3v) is 11.6. The summed E-state index contributed by atoms with van der Waals surface area (Å²) in [6.07, 6.45) is 5.57. The predicted octanol–water partition coefficient (Wildman–Crippen LogP) is 1.32. The van der Waals surface area contributed by atoms with Crippen molar-refractivity contribution in [2.45, 2.75) is 32.4 Å². The first kappa shape index (κ1) is 43.1. The maximum atomic E-state index is 13.1. The van der Waals surface area contributed by atoms with Gasteiger partial charge in [-0.15, -0.1) is 5.10 Å². The fourth-order valence-corrected chi connectivity index (χ4v) is 7.92. The predicted molar refractivity (Wildman–Crippen MR) is 238 cm³/mol. The summed E-state index contributed by atoms with van der Waals surface area (Å²) < 4.78 is 1.76. The summed E-state index contributed by atoms with van der Waals surface area (Å²) in [4.78, 5) is 72.6. The van der Waals surface area contributed by atoms with Crippen LogP contribution in [0.2, 0.25) is 0 Å². The number of aromatic amines is 2. The van der Waals surface area contributed by atoms with Gasteiger partial charge in [0.1, 0.15) is 17.3 Å². The number of likely N-dealkylation sites (tertiary alicyclic amines) is 1. The second-order valence-electron chi connectivity index (χ2n) is 16.0. The van der Waals surface area contributed by atoms with Gasteiger partial charge in [-0.05, 0) is 62.3 Å². The van der Waals surface area contributed by atoms with E-state index in [0.29, 0.717) is 48.1 Å². The maximum absolute atomic E-state index is 13.1. The first-order chi connectivity index (χ1) is 30.8. The molecule has 0 saturated carbocycles. The quantitative estimate of drug-likeness (QED) is 0.0648. The van der Waals surface area contributed by atoms with Crippen molar-refractivity contribution >= 4 is 45.7 Å². The van der Waals surface area contributed by atoms with Gasteiger partial charge in [0.05, 0.1) is 54.4 Å². The number of piperidine rings is 1. The zero-order chi connectivity index (χ0) is 43.5. The van der Waals surface area contributed by atoms with Crippen molar-refractivity contribution in [1.29, 1.82) is 0 Å². The fraction of sp³-hybridized carbons (Fsp3) is 0.409. The summed E-state index contributed by atoms with van der Waals surface area (Å²) >= 11 is 0. The molecule has 2 aliphatic heterocycles. The molecule has 0 aliphatic carbocycles. The Bertz CT molecular complexity index is 2520. The van der Waals surface area contributed by atoms with Crippen LogP contribution in [-0.2, 0) is 22.7 Å². The molecule has 2 fully saturated rings. The van der Waals surface area contributed by atoms with E-state index in [1.165, 1.54) is 19.3 Å². The van der Waals surface area contributed by atoms with Crippen LogP contribution in [0.5, 0.6) is 0 Å². The Kier molecular flexibility index (Phi) is 14.1. The molecule has 3 aromatic carbocycles. The summed E-state index contributed by atoms with van der Waals surface area (Å²) in [5.41, 5.74) is 12.0. The lowest BCUT2D eigenvalue weighted by molar-refractivity contribution is -0.125. The van der Waals surface area contributed by atoms with Gasteiger partial charge in [-0.2, -0.15) is 0 Å². The topological polar surface area (TPSA) is 240 Å². The van der Waals surface area contributed by atoms with Crippen LogP contribution in [-0.4, -0.2) is 158 Å². The molecule has 0 radical (unpaired) electrons. The number of amides is 4. The van der Waals surface area contributed by atoms with E-state index in [0.717, 1.165) is 92.1 Å². The molecular formula is C44H55N15O4. The minimum atomic E-state index is -0.390. The number of aromatic nitrogens is 7. The Balaban J connectivity index is 0.758. The van der Waals surface area contributed by atoms with Crippen LogP contribution in [0.4, 0.5) is 0 Å². The smallest absolute Gasteiger partial charge is 0.251 e. The lowest BCUT2D eigenvalue weighted by Crippen LogP contribution is -2.49. The summed E-state index contributed by atoms with van der Waals surface area (Å²) in [6.45, 7) is 10.0. The molecule has 0 atom stereocenters. The van der Waals surface area contributed by atoms with Crippen molar-refractivity contribution < 1.29 is 19.2 Å². The average Bonchev–Trinajstić information content (AvgIpc) is 4.08. The second kappa shape index (κ2) is 20.6. The number of fused-ring (bicyclic) bond motifs is 2. The number of nitrogens with zero attached hydrogens (tertiary/aromatic N) is 8. The summed E-state index contributed by atoms with van der Waals surface area (Å²) in [6, 6.07) is 19.0. The normalized spacial score (nSPS) is 15.1. The Morgan fingerprint density at radius 3 is 1.70 bits per heavy atom. The average molecular weight is 858 g/mol. The number of hydrogen-bond acceptors (Lipinski definition) is 12. The van der Waals surface area contributed by atoms with E-state index in [2.05, 4.69) is 56.2 Å². The number of nitrogens with two attached hydrogens (primary N) is 1. The first-order valence-electron chi connectivity index (χ1n) is 21.7. The molecule has 2 aliphatic rings. The highest BCUT2D eigenvalue weighted by molar-refractivity contribution is 5.98. The molecule has 63 heavy (non-hydrogen) atoms. The van der Waals surface area contributed by atoms with Gasteiger partial charge in [0.2, 0.25) is 11.8 Å². The zero-order valence-corrected chi connectivity index (χ0v) is 35.4. The highest BCUT2D eigenvalue weighted by Crippen LogP contribution is 2.26. The maximum Gasteiger partial charge on any atom is 0.251 e. The molecule has 6 aromatic rings. The Hall–Kier alpha value is -6.54. The van der Waals surface area contributed by atoms with Crippen LogP contribution in [0.3, 0.4) is 0 Å². The van der Waals surface area contributed by atoms with E-state index < -0.39 is 5.91 Å². The number of carbonyl (C=O) groups excluding carboxylic acids is 4. The van der Waals surface area contributed by atoms with Crippen molar-refractivity contribution in [3.8, 4) is 22.8 Å². The van der Waals surface area contributed by atoms with Crippen LogP contribution < -0.4 is 27.0 Å². The lowest BCUT2D eigenvalue weighted by atomic mass is 10.1. The van der Waals surface area contributed by atoms with Gasteiger partial charge < -0.3 is 41.9 Å². The van der Waals surface area contributed by atoms with Crippen LogP contribution >= 0.6 is 0 Å². The third-order valence-electron chi connectivity index (χ3n) is 11.6. The van der Waals surface area contributed by atoms with E-state index >= 15 is 0 Å². The number of hydrogen-bond donors (Lipinski definition) is 7.